The Balaban J connectivity index is 1.73. The zero-order valence-electron chi connectivity index (χ0n) is 19.4. The van der Waals surface area contributed by atoms with Gasteiger partial charge < -0.3 is 10.6 Å². The standard InChI is InChI=1S/C24H29ClN6OS/c1-14-15(2)33-24-21(14)22(17-7-9-18(25)10-8-17)28-19(23-30-29-16(3)31(23)24)13-20(32)27-12-6-5-11-26-4/h7-10,19,26H,5-6,11-13H2,1-4H3,(H,27,32). The third kappa shape index (κ3) is 4.88. The van der Waals surface area contributed by atoms with E-state index in [4.69, 9.17) is 16.6 Å². The van der Waals surface area contributed by atoms with E-state index >= 15 is 0 Å². The molecular weight excluding hydrogens is 456 g/mol. The first-order valence-corrected chi connectivity index (χ1v) is 12.4. The van der Waals surface area contributed by atoms with Crippen molar-refractivity contribution in [2.75, 3.05) is 20.1 Å². The van der Waals surface area contributed by atoms with Gasteiger partial charge in [-0.15, -0.1) is 21.5 Å². The molecule has 1 amide bonds. The lowest BCUT2D eigenvalue weighted by molar-refractivity contribution is -0.121. The van der Waals surface area contributed by atoms with Gasteiger partial charge in [-0.25, -0.2) is 0 Å². The number of benzene rings is 1. The number of amides is 1. The lowest BCUT2D eigenvalue weighted by Gasteiger charge is -2.13. The number of hydrogen-bond donors (Lipinski definition) is 2. The van der Waals surface area contributed by atoms with Crippen LogP contribution in [0.3, 0.4) is 0 Å². The minimum absolute atomic E-state index is 0.0333. The molecule has 1 atom stereocenters. The fraction of sp³-hybridized carbons (Fsp3) is 0.417. The van der Waals surface area contributed by atoms with E-state index in [1.165, 1.54) is 10.4 Å². The maximum Gasteiger partial charge on any atom is 0.222 e. The molecule has 0 saturated heterocycles. The molecule has 1 aliphatic heterocycles. The van der Waals surface area contributed by atoms with Crippen LogP contribution in [0.5, 0.6) is 0 Å². The van der Waals surface area contributed by atoms with Crippen molar-refractivity contribution in [3.8, 4) is 5.00 Å². The summed E-state index contributed by atoms with van der Waals surface area (Å²) in [6.07, 6.45) is 2.17. The Kier molecular flexibility index (Phi) is 7.26. The number of aromatic nitrogens is 3. The molecule has 9 heteroatoms. The highest BCUT2D eigenvalue weighted by atomic mass is 35.5. The summed E-state index contributed by atoms with van der Waals surface area (Å²) >= 11 is 7.86. The lowest BCUT2D eigenvalue weighted by Crippen LogP contribution is -2.27. The topological polar surface area (TPSA) is 84.2 Å². The summed E-state index contributed by atoms with van der Waals surface area (Å²) in [6.45, 7) is 7.77. The Hall–Kier alpha value is -2.55. The van der Waals surface area contributed by atoms with Gasteiger partial charge in [0.25, 0.3) is 0 Å². The van der Waals surface area contributed by atoms with E-state index in [2.05, 4.69) is 39.2 Å². The second-order valence-electron chi connectivity index (χ2n) is 8.27. The molecule has 2 N–H and O–H groups in total. The van der Waals surface area contributed by atoms with Crippen LogP contribution < -0.4 is 10.6 Å². The van der Waals surface area contributed by atoms with E-state index in [0.717, 1.165) is 47.1 Å². The number of halogens is 1. The number of carbonyl (C=O) groups excluding carboxylic acids is 1. The third-order valence-electron chi connectivity index (χ3n) is 5.91. The van der Waals surface area contributed by atoms with Crippen molar-refractivity contribution < 1.29 is 4.79 Å². The van der Waals surface area contributed by atoms with E-state index < -0.39 is 6.04 Å². The van der Waals surface area contributed by atoms with Crippen LogP contribution in [-0.4, -0.2) is 46.5 Å². The summed E-state index contributed by atoms with van der Waals surface area (Å²) < 4.78 is 2.07. The van der Waals surface area contributed by atoms with Crippen molar-refractivity contribution in [3.63, 3.8) is 0 Å². The zero-order chi connectivity index (χ0) is 23.5. The van der Waals surface area contributed by atoms with Crippen LogP contribution in [0.4, 0.5) is 0 Å². The number of hydrogen-bond acceptors (Lipinski definition) is 6. The van der Waals surface area contributed by atoms with E-state index in [1.807, 2.05) is 38.2 Å². The first-order valence-electron chi connectivity index (χ1n) is 11.2. The smallest absolute Gasteiger partial charge is 0.222 e. The lowest BCUT2D eigenvalue weighted by atomic mass is 9.99. The van der Waals surface area contributed by atoms with Crippen LogP contribution in [0.25, 0.3) is 5.00 Å². The van der Waals surface area contributed by atoms with Crippen molar-refractivity contribution in [2.24, 2.45) is 4.99 Å². The number of fused-ring (bicyclic) bond motifs is 3. The Bertz CT molecular complexity index is 1180. The van der Waals surface area contributed by atoms with Gasteiger partial charge in [0.1, 0.15) is 16.9 Å². The van der Waals surface area contributed by atoms with Gasteiger partial charge in [-0.1, -0.05) is 23.7 Å². The summed E-state index contributed by atoms with van der Waals surface area (Å²) in [7, 11) is 1.93. The predicted molar refractivity (Wildman–Crippen MR) is 134 cm³/mol. The average molecular weight is 485 g/mol. The maximum absolute atomic E-state index is 12.8. The van der Waals surface area contributed by atoms with Gasteiger partial charge in [0.2, 0.25) is 5.91 Å². The average Bonchev–Trinajstić information content (AvgIpc) is 3.26. The number of aryl methyl sites for hydroxylation is 2. The van der Waals surface area contributed by atoms with Crippen molar-refractivity contribution >= 4 is 34.6 Å². The van der Waals surface area contributed by atoms with Crippen molar-refractivity contribution in [3.05, 3.63) is 62.5 Å². The minimum atomic E-state index is -0.437. The van der Waals surface area contributed by atoms with E-state index in [-0.39, 0.29) is 12.3 Å². The highest BCUT2D eigenvalue weighted by Crippen LogP contribution is 2.39. The van der Waals surface area contributed by atoms with Crippen molar-refractivity contribution in [1.29, 1.82) is 0 Å². The fourth-order valence-corrected chi connectivity index (χ4v) is 5.37. The number of aliphatic imine (C=N–C) groups is 1. The first kappa shape index (κ1) is 23.6. The Morgan fingerprint density at radius 3 is 2.58 bits per heavy atom. The van der Waals surface area contributed by atoms with Crippen molar-refractivity contribution in [1.82, 2.24) is 25.4 Å². The molecule has 33 heavy (non-hydrogen) atoms. The first-order chi connectivity index (χ1) is 15.9. The van der Waals surface area contributed by atoms with Crippen LogP contribution >= 0.6 is 22.9 Å². The molecular formula is C24H29ClN6OS. The van der Waals surface area contributed by atoms with Gasteiger partial charge in [-0.3, -0.25) is 14.4 Å². The van der Waals surface area contributed by atoms with Gasteiger partial charge in [0.05, 0.1) is 12.1 Å². The molecule has 0 radical (unpaired) electrons. The SMILES string of the molecule is CNCCCCNC(=O)CC1N=C(c2ccc(Cl)cc2)c2c(sc(C)c2C)-n2c(C)nnc21. The molecule has 174 valence electrons. The molecule has 3 aromatic rings. The number of nitrogens with one attached hydrogen (secondary N) is 2. The molecule has 4 rings (SSSR count). The number of rotatable bonds is 8. The molecule has 7 nitrogen and oxygen atoms in total. The Labute approximate surface area is 203 Å². The summed E-state index contributed by atoms with van der Waals surface area (Å²) in [6, 6.07) is 7.27. The second kappa shape index (κ2) is 10.2. The molecule has 1 unspecified atom stereocenters. The Morgan fingerprint density at radius 2 is 1.85 bits per heavy atom. The monoisotopic (exact) mass is 484 g/mol. The van der Waals surface area contributed by atoms with Gasteiger partial charge in [0, 0.05) is 27.6 Å². The highest BCUT2D eigenvalue weighted by molar-refractivity contribution is 7.15. The van der Waals surface area contributed by atoms with Crippen LogP contribution in [0.15, 0.2) is 29.3 Å². The summed E-state index contributed by atoms with van der Waals surface area (Å²) in [5.74, 6) is 1.45. The molecule has 0 fully saturated rings. The van der Waals surface area contributed by atoms with E-state index in [1.54, 1.807) is 11.3 Å². The molecule has 0 spiro atoms. The minimum Gasteiger partial charge on any atom is -0.356 e. The fourth-order valence-electron chi connectivity index (χ4n) is 4.03. The third-order valence-corrected chi connectivity index (χ3v) is 7.36. The van der Waals surface area contributed by atoms with Crippen LogP contribution in [-0.2, 0) is 4.79 Å². The van der Waals surface area contributed by atoms with E-state index in [0.29, 0.717) is 17.4 Å². The van der Waals surface area contributed by atoms with Gasteiger partial charge in [-0.05, 0) is 64.9 Å². The quantitative estimate of drug-likeness (QED) is 0.467. The summed E-state index contributed by atoms with van der Waals surface area (Å²) in [5.41, 5.74) is 4.08. The van der Waals surface area contributed by atoms with Crippen LogP contribution in [0.2, 0.25) is 5.02 Å². The number of carbonyl (C=O) groups is 1. The van der Waals surface area contributed by atoms with Crippen LogP contribution in [0, 0.1) is 20.8 Å². The largest absolute Gasteiger partial charge is 0.356 e. The van der Waals surface area contributed by atoms with E-state index in [9.17, 15) is 4.79 Å². The molecule has 0 aliphatic carbocycles. The predicted octanol–water partition coefficient (Wildman–Crippen LogP) is 4.31. The molecule has 1 aliphatic rings. The number of thiophene rings is 1. The van der Waals surface area contributed by atoms with Crippen LogP contribution in [0.1, 0.15) is 58.5 Å². The summed E-state index contributed by atoms with van der Waals surface area (Å²) in [4.78, 5) is 19.2. The molecule has 2 aromatic heterocycles. The molecule has 0 saturated carbocycles. The molecule has 3 heterocycles. The number of unbranched alkanes of at least 4 members (excludes halogenated alkanes) is 1. The normalized spacial score (nSPS) is 14.9. The zero-order valence-corrected chi connectivity index (χ0v) is 21.0. The number of nitrogens with zero attached hydrogens (tertiary/aromatic N) is 4. The van der Waals surface area contributed by atoms with Crippen molar-refractivity contribution in [2.45, 2.75) is 46.1 Å². The second-order valence-corrected chi connectivity index (χ2v) is 9.91. The molecule has 1 aromatic carbocycles. The Morgan fingerprint density at radius 1 is 1.12 bits per heavy atom. The van der Waals surface area contributed by atoms with Gasteiger partial charge in [0.15, 0.2) is 5.82 Å². The van der Waals surface area contributed by atoms with Gasteiger partial charge >= 0.3 is 0 Å². The molecule has 0 bridgehead atoms. The van der Waals surface area contributed by atoms with Gasteiger partial charge in [-0.2, -0.15) is 0 Å². The maximum atomic E-state index is 12.8. The summed E-state index contributed by atoms with van der Waals surface area (Å²) in [5, 5.41) is 16.7. The highest BCUT2D eigenvalue weighted by Gasteiger charge is 2.32.